The number of rotatable bonds is 3. The molecule has 0 amide bonds. The number of hydrogen-bond donors (Lipinski definition) is 0. The lowest BCUT2D eigenvalue weighted by Gasteiger charge is -2.41. The van der Waals surface area contributed by atoms with Gasteiger partial charge >= 0.3 is 7.12 Å². The smallest absolute Gasteiger partial charge is 0.400 e. The Hall–Kier alpha value is -0.355. The van der Waals surface area contributed by atoms with Crippen LogP contribution in [0.15, 0.2) is 11.5 Å². The fourth-order valence-corrected chi connectivity index (χ4v) is 4.00. The van der Waals surface area contributed by atoms with Crippen LogP contribution in [0.1, 0.15) is 60.8 Å². The molecule has 2 aliphatic heterocycles. The van der Waals surface area contributed by atoms with Crippen molar-refractivity contribution in [2.45, 2.75) is 84.1 Å². The zero-order valence-electron chi connectivity index (χ0n) is 16.5. The molecule has 2 saturated heterocycles. The van der Waals surface area contributed by atoms with Gasteiger partial charge in [-0.25, -0.2) is 0 Å². The second-order valence-electron chi connectivity index (χ2n) is 8.96. The Morgan fingerprint density at radius 2 is 1.62 bits per heavy atom. The summed E-state index contributed by atoms with van der Waals surface area (Å²) in [5, 5.41) is 0. The van der Waals surface area contributed by atoms with Crippen LogP contribution in [0.3, 0.4) is 0 Å². The van der Waals surface area contributed by atoms with Gasteiger partial charge in [0.1, 0.15) is 0 Å². The van der Waals surface area contributed by atoms with E-state index in [0.29, 0.717) is 12.1 Å². The average molecular weight is 334 g/mol. The minimum absolute atomic E-state index is 0.145. The molecule has 3 rings (SSSR count). The van der Waals surface area contributed by atoms with Gasteiger partial charge in [0, 0.05) is 38.3 Å². The lowest BCUT2D eigenvalue weighted by atomic mass is 9.71. The lowest BCUT2D eigenvalue weighted by Crippen LogP contribution is -2.52. The molecule has 0 N–H and O–H groups in total. The third-order valence-electron chi connectivity index (χ3n) is 6.57. The summed E-state index contributed by atoms with van der Waals surface area (Å²) in [7, 11) is -0.145. The van der Waals surface area contributed by atoms with Gasteiger partial charge in [0.15, 0.2) is 0 Å². The maximum absolute atomic E-state index is 6.21. The molecule has 5 heteroatoms. The molecule has 0 aromatic rings. The van der Waals surface area contributed by atoms with Crippen molar-refractivity contribution in [1.29, 1.82) is 0 Å². The van der Waals surface area contributed by atoms with Crippen LogP contribution in [0.5, 0.6) is 0 Å². The molecule has 0 spiro atoms. The van der Waals surface area contributed by atoms with Crippen molar-refractivity contribution in [3.63, 3.8) is 0 Å². The van der Waals surface area contributed by atoms with Gasteiger partial charge in [-0.2, -0.15) is 0 Å². The van der Waals surface area contributed by atoms with E-state index in [1.807, 2.05) is 0 Å². The highest BCUT2D eigenvalue weighted by atomic mass is 16.7. The topological polar surface area (TPSA) is 24.9 Å². The van der Waals surface area contributed by atoms with E-state index in [-0.39, 0.29) is 18.3 Å². The summed E-state index contributed by atoms with van der Waals surface area (Å²) < 4.78 is 12.4. The molecule has 24 heavy (non-hydrogen) atoms. The standard InChI is InChI=1S/C19H35BN2O2/c1-15(2)21-11-13-22(14-12-21)17-9-7-16(8-10-17)20-23-18(3,4)19(5,6)24-20/h7,15,17H,8-14H2,1-6H3. The predicted molar refractivity (Wildman–Crippen MR) is 100 cm³/mol. The van der Waals surface area contributed by atoms with Gasteiger partial charge < -0.3 is 9.31 Å². The molecular formula is C19H35BN2O2. The van der Waals surface area contributed by atoms with E-state index >= 15 is 0 Å². The Balaban J connectivity index is 1.54. The van der Waals surface area contributed by atoms with Crippen LogP contribution in [0.2, 0.25) is 0 Å². The summed E-state index contributed by atoms with van der Waals surface area (Å²) in [4.78, 5) is 5.28. The van der Waals surface area contributed by atoms with E-state index in [2.05, 4.69) is 57.4 Å². The highest BCUT2D eigenvalue weighted by Gasteiger charge is 2.52. The normalized spacial score (nSPS) is 31.5. The van der Waals surface area contributed by atoms with Gasteiger partial charge in [-0.15, -0.1) is 0 Å². The molecule has 136 valence electrons. The van der Waals surface area contributed by atoms with Crippen molar-refractivity contribution in [2.24, 2.45) is 0 Å². The minimum Gasteiger partial charge on any atom is -0.400 e. The monoisotopic (exact) mass is 334 g/mol. The Morgan fingerprint density at radius 1 is 1.04 bits per heavy atom. The first-order valence-electron chi connectivity index (χ1n) is 9.72. The Morgan fingerprint density at radius 3 is 2.08 bits per heavy atom. The van der Waals surface area contributed by atoms with Crippen LogP contribution < -0.4 is 0 Å². The molecule has 4 nitrogen and oxygen atoms in total. The van der Waals surface area contributed by atoms with Gasteiger partial charge in [-0.3, -0.25) is 9.80 Å². The van der Waals surface area contributed by atoms with E-state index < -0.39 is 0 Å². The zero-order valence-corrected chi connectivity index (χ0v) is 16.5. The molecule has 0 aromatic carbocycles. The maximum Gasteiger partial charge on any atom is 0.490 e. The summed E-state index contributed by atoms with van der Waals surface area (Å²) in [5.41, 5.74) is 0.885. The van der Waals surface area contributed by atoms with Gasteiger partial charge in [-0.05, 0) is 66.3 Å². The van der Waals surface area contributed by atoms with E-state index in [1.165, 1.54) is 38.1 Å². The third kappa shape index (κ3) is 3.60. The molecule has 1 aliphatic carbocycles. The van der Waals surface area contributed by atoms with Crippen molar-refractivity contribution >= 4 is 7.12 Å². The second-order valence-corrected chi connectivity index (χ2v) is 8.96. The summed E-state index contributed by atoms with van der Waals surface area (Å²) >= 11 is 0. The molecular weight excluding hydrogens is 299 g/mol. The number of hydrogen-bond acceptors (Lipinski definition) is 4. The summed E-state index contributed by atoms with van der Waals surface area (Å²) in [6.45, 7) is 18.0. The Labute approximate surface area is 148 Å². The number of piperazine rings is 1. The second kappa shape index (κ2) is 6.75. The van der Waals surface area contributed by atoms with Crippen molar-refractivity contribution in [2.75, 3.05) is 26.2 Å². The summed E-state index contributed by atoms with van der Waals surface area (Å²) in [6, 6.07) is 1.37. The van der Waals surface area contributed by atoms with Crippen LogP contribution >= 0.6 is 0 Å². The third-order valence-corrected chi connectivity index (χ3v) is 6.57. The van der Waals surface area contributed by atoms with Crippen molar-refractivity contribution in [1.82, 2.24) is 9.80 Å². The first-order valence-corrected chi connectivity index (χ1v) is 9.72. The molecule has 0 bridgehead atoms. The molecule has 0 radical (unpaired) electrons. The molecule has 3 aliphatic rings. The van der Waals surface area contributed by atoms with E-state index in [0.717, 1.165) is 12.8 Å². The van der Waals surface area contributed by atoms with E-state index in [4.69, 9.17) is 9.31 Å². The van der Waals surface area contributed by atoms with Crippen LogP contribution in [-0.2, 0) is 9.31 Å². The van der Waals surface area contributed by atoms with E-state index in [9.17, 15) is 0 Å². The van der Waals surface area contributed by atoms with Gasteiger partial charge in [0.2, 0.25) is 0 Å². The number of nitrogens with zero attached hydrogens (tertiary/aromatic N) is 2. The van der Waals surface area contributed by atoms with Gasteiger partial charge in [0.05, 0.1) is 11.2 Å². The highest BCUT2D eigenvalue weighted by molar-refractivity contribution is 6.54. The van der Waals surface area contributed by atoms with Gasteiger partial charge in [-0.1, -0.05) is 6.08 Å². The molecule has 0 saturated carbocycles. The number of allylic oxidation sites excluding steroid dienone is 1. The largest absolute Gasteiger partial charge is 0.490 e. The van der Waals surface area contributed by atoms with Crippen molar-refractivity contribution < 1.29 is 9.31 Å². The molecule has 1 unspecified atom stereocenters. The average Bonchev–Trinajstić information content (AvgIpc) is 2.76. The zero-order chi connectivity index (χ0) is 17.5. The fraction of sp³-hybridized carbons (Fsp3) is 0.895. The first kappa shape index (κ1) is 18.4. The van der Waals surface area contributed by atoms with Crippen LogP contribution in [-0.4, -0.2) is 66.4 Å². The van der Waals surface area contributed by atoms with Gasteiger partial charge in [0.25, 0.3) is 0 Å². The summed E-state index contributed by atoms with van der Waals surface area (Å²) in [5.74, 6) is 0. The SMILES string of the molecule is CC(C)N1CCN(C2CC=C(B3OC(C)(C)C(C)(C)O3)CC2)CC1. The highest BCUT2D eigenvalue weighted by Crippen LogP contribution is 2.40. The maximum atomic E-state index is 6.21. The van der Waals surface area contributed by atoms with E-state index in [1.54, 1.807) is 0 Å². The lowest BCUT2D eigenvalue weighted by molar-refractivity contribution is 0.00578. The minimum atomic E-state index is -0.234. The fourth-order valence-electron chi connectivity index (χ4n) is 4.00. The quantitative estimate of drug-likeness (QED) is 0.741. The molecule has 1 atom stereocenters. The van der Waals surface area contributed by atoms with Crippen LogP contribution in [0.4, 0.5) is 0 Å². The van der Waals surface area contributed by atoms with Crippen molar-refractivity contribution in [3.05, 3.63) is 11.5 Å². The Bertz CT molecular complexity index is 466. The molecule has 2 heterocycles. The Kier molecular flexibility index (Phi) is 5.19. The van der Waals surface area contributed by atoms with Crippen LogP contribution in [0, 0.1) is 0 Å². The van der Waals surface area contributed by atoms with Crippen molar-refractivity contribution in [3.8, 4) is 0 Å². The molecule has 0 aromatic heterocycles. The first-order chi connectivity index (χ1) is 11.2. The van der Waals surface area contributed by atoms with Crippen LogP contribution in [0.25, 0.3) is 0 Å². The molecule has 2 fully saturated rings. The predicted octanol–water partition coefficient (Wildman–Crippen LogP) is 3.12. The summed E-state index contributed by atoms with van der Waals surface area (Å²) in [6.07, 6.45) is 5.87.